The Labute approximate surface area is 148 Å². The molecule has 2 aromatic carbocycles. The second-order valence-electron chi connectivity index (χ2n) is 5.19. The summed E-state index contributed by atoms with van der Waals surface area (Å²) in [6.45, 7) is -0.324. The zero-order valence-corrected chi connectivity index (χ0v) is 14.0. The van der Waals surface area contributed by atoms with Gasteiger partial charge in [0.15, 0.2) is 0 Å². The van der Waals surface area contributed by atoms with Crippen LogP contribution in [0.4, 0.5) is 18.9 Å². The summed E-state index contributed by atoms with van der Waals surface area (Å²) in [7, 11) is 0. The molecule has 25 heavy (non-hydrogen) atoms. The number of benzene rings is 2. The van der Waals surface area contributed by atoms with E-state index in [0.717, 1.165) is 23.5 Å². The van der Waals surface area contributed by atoms with Gasteiger partial charge >= 0.3 is 11.0 Å². The third kappa shape index (κ3) is 3.85. The molecular formula is C16H10ClF3N2O2S. The maximum Gasteiger partial charge on any atom is 0.416 e. The normalized spacial score (nSPS) is 11.7. The summed E-state index contributed by atoms with van der Waals surface area (Å²) >= 11 is 6.87. The standard InChI is InChI=1S/C16H10ClF3N2O2S/c17-10-4-5-13-12(7-10)22(15(24)25-13)8-14(23)21-11-3-1-2-9(6-11)16(18,19)20/h1-7H,8H2,(H,21,23). The van der Waals surface area contributed by atoms with Crippen molar-refractivity contribution in [2.24, 2.45) is 0 Å². The van der Waals surface area contributed by atoms with Crippen LogP contribution < -0.4 is 10.2 Å². The van der Waals surface area contributed by atoms with E-state index in [4.69, 9.17) is 11.6 Å². The van der Waals surface area contributed by atoms with Crippen molar-refractivity contribution in [1.82, 2.24) is 4.57 Å². The molecule has 0 aliphatic rings. The predicted octanol–water partition coefficient (Wildman–Crippen LogP) is 4.37. The van der Waals surface area contributed by atoms with E-state index in [1.165, 1.54) is 16.7 Å². The number of amides is 1. The van der Waals surface area contributed by atoms with Crippen molar-refractivity contribution in [3.8, 4) is 0 Å². The minimum atomic E-state index is -4.50. The van der Waals surface area contributed by atoms with E-state index in [0.29, 0.717) is 15.2 Å². The maximum absolute atomic E-state index is 12.7. The van der Waals surface area contributed by atoms with E-state index >= 15 is 0 Å². The zero-order chi connectivity index (χ0) is 18.2. The number of hydrogen-bond acceptors (Lipinski definition) is 3. The summed E-state index contributed by atoms with van der Waals surface area (Å²) in [5.41, 5.74) is -0.359. The molecule has 1 heterocycles. The molecule has 1 aromatic heterocycles. The minimum Gasteiger partial charge on any atom is -0.325 e. The van der Waals surface area contributed by atoms with Crippen molar-refractivity contribution in [2.45, 2.75) is 12.7 Å². The number of nitrogens with zero attached hydrogens (tertiary/aromatic N) is 1. The van der Waals surface area contributed by atoms with Crippen LogP contribution in [0.3, 0.4) is 0 Å². The Balaban J connectivity index is 1.83. The average Bonchev–Trinajstić information content (AvgIpc) is 2.82. The monoisotopic (exact) mass is 386 g/mol. The topological polar surface area (TPSA) is 51.1 Å². The molecule has 130 valence electrons. The molecule has 0 radical (unpaired) electrons. The smallest absolute Gasteiger partial charge is 0.325 e. The lowest BCUT2D eigenvalue weighted by Gasteiger charge is -2.10. The van der Waals surface area contributed by atoms with Gasteiger partial charge in [-0.1, -0.05) is 29.0 Å². The number of carbonyl (C=O) groups is 1. The largest absolute Gasteiger partial charge is 0.416 e. The molecule has 1 N–H and O–H groups in total. The van der Waals surface area contributed by atoms with E-state index < -0.39 is 17.6 Å². The molecule has 0 saturated heterocycles. The maximum atomic E-state index is 12.7. The van der Waals surface area contributed by atoms with Gasteiger partial charge in [0.1, 0.15) is 6.54 Å². The number of rotatable bonds is 3. The van der Waals surface area contributed by atoms with E-state index in [1.54, 1.807) is 18.2 Å². The number of fused-ring (bicyclic) bond motifs is 1. The van der Waals surface area contributed by atoms with Crippen LogP contribution in [0.25, 0.3) is 10.2 Å². The highest BCUT2D eigenvalue weighted by Gasteiger charge is 2.30. The van der Waals surface area contributed by atoms with Gasteiger partial charge < -0.3 is 5.32 Å². The lowest BCUT2D eigenvalue weighted by Crippen LogP contribution is -2.24. The highest BCUT2D eigenvalue weighted by molar-refractivity contribution is 7.16. The van der Waals surface area contributed by atoms with Crippen LogP contribution in [0, 0.1) is 0 Å². The molecule has 1 amide bonds. The number of aromatic nitrogens is 1. The number of hydrogen-bond donors (Lipinski definition) is 1. The van der Waals surface area contributed by atoms with Gasteiger partial charge in [-0.2, -0.15) is 13.2 Å². The first kappa shape index (κ1) is 17.5. The predicted molar refractivity (Wildman–Crippen MR) is 91.2 cm³/mol. The molecule has 9 heteroatoms. The summed E-state index contributed by atoms with van der Waals surface area (Å²) in [4.78, 5) is 23.8. The Morgan fingerprint density at radius 3 is 2.68 bits per heavy atom. The second kappa shape index (κ2) is 6.53. The Bertz CT molecular complexity index is 1010. The number of carbonyl (C=O) groups excluding carboxylic acids is 1. The summed E-state index contributed by atoms with van der Waals surface area (Å²) in [6, 6.07) is 9.16. The third-order valence-corrected chi connectivity index (χ3v) is 4.60. The molecule has 0 spiro atoms. The minimum absolute atomic E-state index is 0.00504. The lowest BCUT2D eigenvalue weighted by molar-refractivity contribution is -0.137. The second-order valence-corrected chi connectivity index (χ2v) is 6.62. The molecule has 3 aromatic rings. The zero-order valence-electron chi connectivity index (χ0n) is 12.4. The van der Waals surface area contributed by atoms with Crippen molar-refractivity contribution in [3.63, 3.8) is 0 Å². The molecule has 0 saturated carbocycles. The quantitative estimate of drug-likeness (QED) is 0.726. The fourth-order valence-electron chi connectivity index (χ4n) is 2.30. The summed E-state index contributed by atoms with van der Waals surface area (Å²) in [5.74, 6) is -0.610. The van der Waals surface area contributed by atoms with Gasteiger partial charge in [0.05, 0.1) is 15.8 Å². The SMILES string of the molecule is O=C(Cn1c(=O)sc2ccc(Cl)cc21)Nc1cccc(C(F)(F)F)c1. The molecule has 0 bridgehead atoms. The molecular weight excluding hydrogens is 377 g/mol. The van der Waals surface area contributed by atoms with Crippen LogP contribution in [0.2, 0.25) is 5.02 Å². The highest BCUT2D eigenvalue weighted by atomic mass is 35.5. The first-order valence-corrected chi connectivity index (χ1v) is 8.19. The van der Waals surface area contributed by atoms with Crippen LogP contribution >= 0.6 is 22.9 Å². The van der Waals surface area contributed by atoms with Gasteiger partial charge in [0.25, 0.3) is 0 Å². The van der Waals surface area contributed by atoms with Gasteiger partial charge in [-0.15, -0.1) is 0 Å². The summed E-state index contributed by atoms with van der Waals surface area (Å²) in [6.07, 6.45) is -4.50. The number of alkyl halides is 3. The van der Waals surface area contributed by atoms with E-state index in [9.17, 15) is 22.8 Å². The van der Waals surface area contributed by atoms with Crippen LogP contribution in [-0.4, -0.2) is 10.5 Å². The number of halogens is 4. The summed E-state index contributed by atoms with van der Waals surface area (Å²) in [5, 5.41) is 2.79. The molecule has 3 rings (SSSR count). The van der Waals surface area contributed by atoms with E-state index in [2.05, 4.69) is 5.32 Å². The van der Waals surface area contributed by atoms with Crippen LogP contribution in [0.5, 0.6) is 0 Å². The lowest BCUT2D eigenvalue weighted by atomic mass is 10.2. The van der Waals surface area contributed by atoms with E-state index in [1.807, 2.05) is 0 Å². The molecule has 0 fully saturated rings. The van der Waals surface area contributed by atoms with Gasteiger partial charge in [0, 0.05) is 10.7 Å². The van der Waals surface area contributed by atoms with Crippen molar-refractivity contribution >= 4 is 44.7 Å². The van der Waals surface area contributed by atoms with Crippen molar-refractivity contribution < 1.29 is 18.0 Å². The number of thiazole rings is 1. The molecule has 0 atom stereocenters. The van der Waals surface area contributed by atoms with Crippen molar-refractivity contribution in [2.75, 3.05) is 5.32 Å². The van der Waals surface area contributed by atoms with E-state index in [-0.39, 0.29) is 17.1 Å². The fourth-order valence-corrected chi connectivity index (χ4v) is 3.34. The molecule has 4 nitrogen and oxygen atoms in total. The Kier molecular flexibility index (Phi) is 4.57. The summed E-state index contributed by atoms with van der Waals surface area (Å²) < 4.78 is 40.0. The first-order chi connectivity index (χ1) is 11.7. The number of anilines is 1. The third-order valence-electron chi connectivity index (χ3n) is 3.40. The van der Waals surface area contributed by atoms with Gasteiger partial charge in [-0.25, -0.2) is 0 Å². The first-order valence-electron chi connectivity index (χ1n) is 7.00. The Hall–Kier alpha value is -2.32. The van der Waals surface area contributed by atoms with Gasteiger partial charge in [0.2, 0.25) is 5.91 Å². The van der Waals surface area contributed by atoms with Crippen molar-refractivity contribution in [1.29, 1.82) is 0 Å². The Morgan fingerprint density at radius 1 is 1.20 bits per heavy atom. The highest BCUT2D eigenvalue weighted by Crippen LogP contribution is 2.30. The molecule has 0 aliphatic heterocycles. The van der Waals surface area contributed by atoms with Crippen molar-refractivity contribution in [3.05, 3.63) is 62.7 Å². The molecule has 0 unspecified atom stereocenters. The van der Waals surface area contributed by atoms with Crippen LogP contribution in [0.1, 0.15) is 5.56 Å². The Morgan fingerprint density at radius 2 is 1.96 bits per heavy atom. The fraction of sp³-hybridized carbons (Fsp3) is 0.125. The van der Waals surface area contributed by atoms with Gasteiger partial charge in [-0.3, -0.25) is 14.2 Å². The average molecular weight is 387 g/mol. The molecule has 0 aliphatic carbocycles. The van der Waals surface area contributed by atoms with Gasteiger partial charge in [-0.05, 0) is 36.4 Å². The van der Waals surface area contributed by atoms with Crippen LogP contribution in [0.15, 0.2) is 47.3 Å². The number of nitrogens with one attached hydrogen (secondary N) is 1. The van der Waals surface area contributed by atoms with Crippen LogP contribution in [-0.2, 0) is 17.5 Å².